The Balaban J connectivity index is 1.61. The van der Waals surface area contributed by atoms with Crippen molar-refractivity contribution < 1.29 is 9.32 Å². The molecular weight excluding hydrogens is 282 g/mol. The SMILES string of the molecule is Cc1cc(C2CCCN2C(=O)NC(C)Cn2cccn2)on1. The number of urea groups is 1. The summed E-state index contributed by atoms with van der Waals surface area (Å²) >= 11 is 0. The second-order valence-electron chi connectivity index (χ2n) is 5.80. The molecule has 7 heteroatoms. The molecule has 2 atom stereocenters. The average Bonchev–Trinajstić information content (AvgIpc) is 3.17. The minimum Gasteiger partial charge on any atom is -0.359 e. The maximum absolute atomic E-state index is 12.5. The normalized spacial score (nSPS) is 19.4. The highest BCUT2D eigenvalue weighted by Gasteiger charge is 2.33. The Hall–Kier alpha value is -2.31. The van der Waals surface area contributed by atoms with Crippen molar-refractivity contribution in [1.82, 2.24) is 25.2 Å². The fraction of sp³-hybridized carbons (Fsp3) is 0.533. The summed E-state index contributed by atoms with van der Waals surface area (Å²) in [5, 5.41) is 11.1. The van der Waals surface area contributed by atoms with Crippen molar-refractivity contribution in [3.8, 4) is 0 Å². The van der Waals surface area contributed by atoms with Crippen LogP contribution in [0.3, 0.4) is 0 Å². The highest BCUT2D eigenvalue weighted by atomic mass is 16.5. The second kappa shape index (κ2) is 6.21. The third-order valence-electron chi connectivity index (χ3n) is 3.88. The van der Waals surface area contributed by atoms with E-state index in [0.717, 1.165) is 30.8 Å². The summed E-state index contributed by atoms with van der Waals surface area (Å²) in [5.41, 5.74) is 0.842. The van der Waals surface area contributed by atoms with E-state index in [1.807, 2.05) is 41.8 Å². The third kappa shape index (κ3) is 3.13. The predicted molar refractivity (Wildman–Crippen MR) is 80.1 cm³/mol. The van der Waals surface area contributed by atoms with E-state index in [0.29, 0.717) is 6.54 Å². The molecule has 0 radical (unpaired) electrons. The van der Waals surface area contributed by atoms with Gasteiger partial charge in [0.25, 0.3) is 0 Å². The number of carbonyl (C=O) groups excluding carboxylic acids is 1. The van der Waals surface area contributed by atoms with E-state index in [1.165, 1.54) is 0 Å². The fourth-order valence-electron chi connectivity index (χ4n) is 2.87. The number of amides is 2. The number of hydrogen-bond donors (Lipinski definition) is 1. The zero-order valence-corrected chi connectivity index (χ0v) is 12.9. The molecule has 2 aromatic heterocycles. The summed E-state index contributed by atoms with van der Waals surface area (Å²) < 4.78 is 7.14. The second-order valence-corrected chi connectivity index (χ2v) is 5.80. The Bertz CT molecular complexity index is 622. The lowest BCUT2D eigenvalue weighted by molar-refractivity contribution is 0.178. The molecule has 0 aliphatic carbocycles. The zero-order valence-electron chi connectivity index (χ0n) is 12.9. The first-order valence-corrected chi connectivity index (χ1v) is 7.61. The van der Waals surface area contributed by atoms with Gasteiger partial charge in [0.2, 0.25) is 0 Å². The van der Waals surface area contributed by atoms with Gasteiger partial charge in [-0.2, -0.15) is 5.10 Å². The van der Waals surface area contributed by atoms with Crippen molar-refractivity contribution in [3.63, 3.8) is 0 Å². The molecule has 3 heterocycles. The van der Waals surface area contributed by atoms with Gasteiger partial charge in [-0.05, 0) is 32.8 Å². The molecule has 1 aliphatic heterocycles. The molecule has 0 bridgehead atoms. The molecule has 118 valence electrons. The van der Waals surface area contributed by atoms with Crippen molar-refractivity contribution >= 4 is 6.03 Å². The van der Waals surface area contributed by atoms with Crippen LogP contribution in [-0.2, 0) is 6.54 Å². The Morgan fingerprint density at radius 3 is 3.14 bits per heavy atom. The van der Waals surface area contributed by atoms with Gasteiger partial charge in [0, 0.05) is 31.0 Å². The van der Waals surface area contributed by atoms with Gasteiger partial charge in [-0.15, -0.1) is 0 Å². The maximum Gasteiger partial charge on any atom is 0.318 e. The van der Waals surface area contributed by atoms with E-state index >= 15 is 0 Å². The monoisotopic (exact) mass is 303 g/mol. The van der Waals surface area contributed by atoms with Crippen LogP contribution in [-0.4, -0.2) is 38.5 Å². The molecule has 2 amide bonds. The van der Waals surface area contributed by atoms with Crippen LogP contribution in [0.25, 0.3) is 0 Å². The molecule has 1 aliphatic rings. The highest BCUT2D eigenvalue weighted by Crippen LogP contribution is 2.32. The van der Waals surface area contributed by atoms with Crippen molar-refractivity contribution in [2.45, 2.75) is 45.3 Å². The number of nitrogens with one attached hydrogen (secondary N) is 1. The Labute approximate surface area is 129 Å². The zero-order chi connectivity index (χ0) is 15.5. The molecule has 22 heavy (non-hydrogen) atoms. The van der Waals surface area contributed by atoms with Gasteiger partial charge < -0.3 is 14.7 Å². The van der Waals surface area contributed by atoms with Crippen LogP contribution in [0.15, 0.2) is 29.0 Å². The first-order chi connectivity index (χ1) is 10.6. The maximum atomic E-state index is 12.5. The lowest BCUT2D eigenvalue weighted by Crippen LogP contribution is -2.44. The number of rotatable bonds is 4. The molecule has 2 aromatic rings. The molecule has 0 aromatic carbocycles. The minimum absolute atomic E-state index is 0.00473. The number of aromatic nitrogens is 3. The molecule has 0 saturated carbocycles. The van der Waals surface area contributed by atoms with E-state index < -0.39 is 0 Å². The third-order valence-corrected chi connectivity index (χ3v) is 3.88. The highest BCUT2D eigenvalue weighted by molar-refractivity contribution is 5.75. The molecule has 0 spiro atoms. The Morgan fingerprint density at radius 2 is 2.45 bits per heavy atom. The van der Waals surface area contributed by atoms with Crippen LogP contribution in [0.2, 0.25) is 0 Å². The molecule has 7 nitrogen and oxygen atoms in total. The lowest BCUT2D eigenvalue weighted by Gasteiger charge is -2.25. The summed E-state index contributed by atoms with van der Waals surface area (Å²) in [4.78, 5) is 14.3. The average molecular weight is 303 g/mol. The van der Waals surface area contributed by atoms with Gasteiger partial charge >= 0.3 is 6.03 Å². The summed E-state index contributed by atoms with van der Waals surface area (Å²) in [6.07, 6.45) is 5.51. The van der Waals surface area contributed by atoms with Gasteiger partial charge in [-0.25, -0.2) is 4.79 Å². The van der Waals surface area contributed by atoms with Gasteiger partial charge in [0.1, 0.15) is 0 Å². The molecule has 2 unspecified atom stereocenters. The quantitative estimate of drug-likeness (QED) is 0.938. The fourth-order valence-corrected chi connectivity index (χ4v) is 2.87. The number of aryl methyl sites for hydroxylation is 1. The first kappa shape index (κ1) is 14.6. The van der Waals surface area contributed by atoms with Gasteiger partial charge in [-0.1, -0.05) is 5.16 Å². The smallest absolute Gasteiger partial charge is 0.318 e. The first-order valence-electron chi connectivity index (χ1n) is 7.61. The van der Waals surface area contributed by atoms with Crippen molar-refractivity contribution in [3.05, 3.63) is 36.0 Å². The van der Waals surface area contributed by atoms with E-state index in [9.17, 15) is 4.79 Å². The summed E-state index contributed by atoms with van der Waals surface area (Å²) in [5.74, 6) is 0.768. The molecule has 1 saturated heterocycles. The standard InChI is InChI=1S/C15H21N5O2/c1-11-9-14(22-18-11)13-5-3-8-20(13)15(21)17-12(2)10-19-7-4-6-16-19/h4,6-7,9,12-13H,3,5,8,10H2,1-2H3,(H,17,21). The van der Waals surface area contributed by atoms with Crippen molar-refractivity contribution in [2.75, 3.05) is 6.54 Å². The lowest BCUT2D eigenvalue weighted by atomic mass is 10.1. The van der Waals surface area contributed by atoms with Crippen LogP contribution in [0.1, 0.15) is 37.3 Å². The summed E-state index contributed by atoms with van der Waals surface area (Å²) in [6.45, 7) is 5.26. The van der Waals surface area contributed by atoms with E-state index in [-0.39, 0.29) is 18.1 Å². The van der Waals surface area contributed by atoms with Gasteiger partial charge in [0.05, 0.1) is 18.3 Å². The van der Waals surface area contributed by atoms with E-state index in [2.05, 4.69) is 15.6 Å². The largest absolute Gasteiger partial charge is 0.359 e. The minimum atomic E-state index is -0.0591. The van der Waals surface area contributed by atoms with E-state index in [1.54, 1.807) is 6.20 Å². The molecular formula is C15H21N5O2. The van der Waals surface area contributed by atoms with Crippen LogP contribution in [0, 0.1) is 6.92 Å². The summed E-state index contributed by atoms with van der Waals surface area (Å²) in [7, 11) is 0. The molecule has 1 fully saturated rings. The Kier molecular flexibility index (Phi) is 4.13. The topological polar surface area (TPSA) is 76.2 Å². The van der Waals surface area contributed by atoms with Crippen molar-refractivity contribution in [1.29, 1.82) is 0 Å². The summed E-state index contributed by atoms with van der Waals surface area (Å²) in [6, 6.07) is 3.71. The van der Waals surface area contributed by atoms with Crippen LogP contribution in [0.5, 0.6) is 0 Å². The predicted octanol–water partition coefficient (Wildman–Crippen LogP) is 2.11. The molecule has 3 rings (SSSR count). The van der Waals surface area contributed by atoms with Crippen LogP contribution >= 0.6 is 0 Å². The number of carbonyl (C=O) groups is 1. The van der Waals surface area contributed by atoms with Gasteiger partial charge in [0.15, 0.2) is 5.76 Å². The van der Waals surface area contributed by atoms with Crippen LogP contribution < -0.4 is 5.32 Å². The van der Waals surface area contributed by atoms with Crippen LogP contribution in [0.4, 0.5) is 4.79 Å². The number of likely N-dealkylation sites (tertiary alicyclic amines) is 1. The molecule has 1 N–H and O–H groups in total. The Morgan fingerprint density at radius 1 is 1.59 bits per heavy atom. The number of hydrogen-bond acceptors (Lipinski definition) is 4. The van der Waals surface area contributed by atoms with Gasteiger partial charge in [-0.3, -0.25) is 4.68 Å². The number of nitrogens with zero attached hydrogens (tertiary/aromatic N) is 4. The van der Waals surface area contributed by atoms with E-state index in [4.69, 9.17) is 4.52 Å². The van der Waals surface area contributed by atoms with Crippen molar-refractivity contribution in [2.24, 2.45) is 0 Å².